The topological polar surface area (TPSA) is 51.5 Å². The van der Waals surface area contributed by atoms with Gasteiger partial charge in [-0.25, -0.2) is 0 Å². The fourth-order valence-electron chi connectivity index (χ4n) is 1.21. The minimum atomic E-state index is -1.76. The lowest BCUT2D eigenvalue weighted by molar-refractivity contribution is 0.271. The van der Waals surface area contributed by atoms with E-state index < -0.39 is 8.32 Å². The van der Waals surface area contributed by atoms with Crippen molar-refractivity contribution in [3.8, 4) is 5.75 Å². The van der Waals surface area contributed by atoms with Crippen LogP contribution in [-0.2, 0) is 13.7 Å². The molecule has 0 bridgehead atoms. The lowest BCUT2D eigenvalue weighted by Crippen LogP contribution is -2.32. The normalized spacial score (nSPS) is 11.5. The Kier molecular flexibility index (Phi) is 3.36. The van der Waals surface area contributed by atoms with E-state index in [9.17, 15) is 4.79 Å². The van der Waals surface area contributed by atoms with Gasteiger partial charge in [0.1, 0.15) is 0 Å². The summed E-state index contributed by atoms with van der Waals surface area (Å²) in [5.41, 5.74) is 0.419. The summed E-state index contributed by atoms with van der Waals surface area (Å²) in [4.78, 5) is 11.6. The summed E-state index contributed by atoms with van der Waals surface area (Å²) in [7, 11) is 0.0241. The van der Waals surface area contributed by atoms with Crippen molar-refractivity contribution in [2.75, 3.05) is 0 Å². The number of rotatable bonds is 3. The van der Waals surface area contributed by atoms with Crippen LogP contribution in [-0.4, -0.2) is 18.0 Å². The number of hydrogen-bond donors (Lipinski definition) is 1. The molecule has 4 nitrogen and oxygen atoms in total. The van der Waals surface area contributed by atoms with E-state index >= 15 is 0 Å². The summed E-state index contributed by atoms with van der Waals surface area (Å²) in [5.74, 6) is 0.369. The van der Waals surface area contributed by atoms with Crippen LogP contribution in [0.1, 0.15) is 5.69 Å². The molecule has 0 unspecified atom stereocenters. The smallest absolute Gasteiger partial charge is 0.242 e. The largest absolute Gasteiger partial charge is 0.541 e. The van der Waals surface area contributed by atoms with Gasteiger partial charge in [-0.15, -0.1) is 0 Å². The molecule has 1 aromatic rings. The van der Waals surface area contributed by atoms with E-state index in [4.69, 9.17) is 9.53 Å². The molecule has 1 heterocycles. The van der Waals surface area contributed by atoms with E-state index in [1.807, 2.05) is 19.6 Å². The second-order valence-electron chi connectivity index (χ2n) is 4.48. The Labute approximate surface area is 90.3 Å². The summed E-state index contributed by atoms with van der Waals surface area (Å²) >= 11 is 0. The fourth-order valence-corrected chi connectivity index (χ4v) is 2.02. The number of aliphatic hydroxyl groups is 1. The predicted molar refractivity (Wildman–Crippen MR) is 61.6 cm³/mol. The molecule has 1 aromatic heterocycles. The van der Waals surface area contributed by atoms with Gasteiger partial charge in [0.25, 0.3) is 0 Å². The monoisotopic (exact) mass is 227 g/mol. The molecular formula is C10H17NO3Si. The molecule has 0 fully saturated rings. The Bertz CT molecular complexity index is 406. The third-order valence-electron chi connectivity index (χ3n) is 1.88. The maximum atomic E-state index is 11.6. The van der Waals surface area contributed by atoms with E-state index in [1.165, 1.54) is 6.07 Å². The molecule has 0 saturated heterocycles. The van der Waals surface area contributed by atoms with E-state index in [0.29, 0.717) is 11.4 Å². The van der Waals surface area contributed by atoms with E-state index in [-0.39, 0.29) is 12.0 Å². The lowest BCUT2D eigenvalue weighted by Gasteiger charge is -2.19. The predicted octanol–water partition coefficient (Wildman–Crippen LogP) is 1.09. The van der Waals surface area contributed by atoms with Crippen LogP contribution in [0.15, 0.2) is 17.1 Å². The first-order chi connectivity index (χ1) is 6.83. The van der Waals surface area contributed by atoms with Gasteiger partial charge in [-0.05, 0) is 19.6 Å². The summed E-state index contributed by atoms with van der Waals surface area (Å²) in [6.45, 7) is 5.92. The van der Waals surface area contributed by atoms with Crippen molar-refractivity contribution in [3.05, 3.63) is 28.2 Å². The molecule has 0 saturated carbocycles. The second kappa shape index (κ2) is 4.20. The van der Waals surface area contributed by atoms with Crippen LogP contribution < -0.4 is 9.85 Å². The fraction of sp³-hybridized carbons (Fsp3) is 0.500. The maximum absolute atomic E-state index is 11.6. The Hall–Kier alpha value is -1.07. The number of pyridine rings is 1. The van der Waals surface area contributed by atoms with Gasteiger partial charge in [0.05, 0.1) is 6.61 Å². The Morgan fingerprint density at radius 2 is 2.07 bits per heavy atom. The van der Waals surface area contributed by atoms with Gasteiger partial charge in [-0.2, -0.15) is 0 Å². The highest BCUT2D eigenvalue weighted by Gasteiger charge is 2.18. The molecule has 0 atom stereocenters. The van der Waals surface area contributed by atoms with Crippen molar-refractivity contribution in [3.63, 3.8) is 0 Å². The summed E-state index contributed by atoms with van der Waals surface area (Å²) in [5, 5.41) is 8.97. The zero-order valence-corrected chi connectivity index (χ0v) is 10.6. The molecule has 0 spiro atoms. The third kappa shape index (κ3) is 3.21. The highest BCUT2D eigenvalue weighted by Crippen LogP contribution is 2.11. The van der Waals surface area contributed by atoms with Crippen LogP contribution in [0.5, 0.6) is 5.75 Å². The molecule has 1 rings (SSSR count). The summed E-state index contributed by atoms with van der Waals surface area (Å²) in [6.07, 6.45) is 1.63. The Balaban J connectivity index is 3.12. The Morgan fingerprint density at radius 1 is 1.47 bits per heavy atom. The van der Waals surface area contributed by atoms with Crippen LogP contribution in [0.25, 0.3) is 0 Å². The molecule has 15 heavy (non-hydrogen) atoms. The number of nitrogens with zero attached hydrogens (tertiary/aromatic N) is 1. The average molecular weight is 227 g/mol. The number of aryl methyl sites for hydroxylation is 1. The first-order valence-corrected chi connectivity index (χ1v) is 8.24. The average Bonchev–Trinajstić information content (AvgIpc) is 2.08. The van der Waals surface area contributed by atoms with E-state index in [0.717, 1.165) is 0 Å². The zero-order valence-electron chi connectivity index (χ0n) is 9.57. The third-order valence-corrected chi connectivity index (χ3v) is 2.71. The molecule has 0 aliphatic carbocycles. The maximum Gasteiger partial charge on any atom is 0.242 e. The molecule has 0 aromatic carbocycles. The van der Waals surface area contributed by atoms with Crippen LogP contribution in [0.4, 0.5) is 0 Å². The zero-order chi connectivity index (χ0) is 11.6. The minimum absolute atomic E-state index is 0.140. The van der Waals surface area contributed by atoms with Crippen molar-refractivity contribution >= 4 is 8.32 Å². The quantitative estimate of drug-likeness (QED) is 0.786. The van der Waals surface area contributed by atoms with Gasteiger partial charge in [-0.1, -0.05) is 0 Å². The van der Waals surface area contributed by atoms with Crippen molar-refractivity contribution in [2.45, 2.75) is 26.2 Å². The lowest BCUT2D eigenvalue weighted by atomic mass is 10.3. The van der Waals surface area contributed by atoms with Gasteiger partial charge in [0.2, 0.25) is 13.7 Å². The van der Waals surface area contributed by atoms with E-state index in [1.54, 1.807) is 17.8 Å². The highest BCUT2D eigenvalue weighted by atomic mass is 28.4. The van der Waals surface area contributed by atoms with Crippen molar-refractivity contribution < 1.29 is 9.53 Å². The molecule has 0 amide bonds. The van der Waals surface area contributed by atoms with Crippen LogP contribution in [0.2, 0.25) is 19.6 Å². The second-order valence-corrected chi connectivity index (χ2v) is 8.91. The first-order valence-electron chi connectivity index (χ1n) is 4.83. The van der Waals surface area contributed by atoms with Crippen molar-refractivity contribution in [1.29, 1.82) is 0 Å². The molecular weight excluding hydrogens is 210 g/mol. The SMILES string of the molecule is Cn1cc(O[Si](C)(C)C)c(=O)cc1CO. The van der Waals surface area contributed by atoms with E-state index in [2.05, 4.69) is 0 Å². The van der Waals surface area contributed by atoms with Crippen LogP contribution in [0, 0.1) is 0 Å². The van der Waals surface area contributed by atoms with Crippen molar-refractivity contribution in [2.24, 2.45) is 7.05 Å². The summed E-state index contributed by atoms with van der Waals surface area (Å²) < 4.78 is 7.34. The van der Waals surface area contributed by atoms with Crippen LogP contribution in [0.3, 0.4) is 0 Å². The molecule has 0 radical (unpaired) electrons. The number of aliphatic hydroxyl groups excluding tert-OH is 1. The molecule has 0 aliphatic heterocycles. The van der Waals surface area contributed by atoms with Gasteiger partial charge < -0.3 is 14.1 Å². The van der Waals surface area contributed by atoms with Gasteiger partial charge in [-0.3, -0.25) is 4.79 Å². The van der Waals surface area contributed by atoms with Crippen molar-refractivity contribution in [1.82, 2.24) is 4.57 Å². The van der Waals surface area contributed by atoms with Crippen LogP contribution >= 0.6 is 0 Å². The molecule has 0 aliphatic rings. The minimum Gasteiger partial charge on any atom is -0.541 e. The van der Waals surface area contributed by atoms with Gasteiger partial charge in [0, 0.05) is 25.0 Å². The molecule has 84 valence electrons. The number of aromatic nitrogens is 1. The highest BCUT2D eigenvalue weighted by molar-refractivity contribution is 6.70. The summed E-state index contributed by atoms with van der Waals surface area (Å²) in [6, 6.07) is 1.41. The Morgan fingerprint density at radius 3 is 2.53 bits per heavy atom. The first kappa shape index (κ1) is 12.0. The molecule has 5 heteroatoms. The van der Waals surface area contributed by atoms with Gasteiger partial charge >= 0.3 is 0 Å². The molecule has 1 N–H and O–H groups in total. The van der Waals surface area contributed by atoms with Gasteiger partial charge in [0.15, 0.2) is 5.75 Å². The number of hydrogen-bond acceptors (Lipinski definition) is 3. The standard InChI is InChI=1S/C10H17NO3Si/c1-11-6-10(14-15(2,3)4)9(13)5-8(11)7-12/h5-6,12H,7H2,1-4H3.